The Balaban J connectivity index is 2.06. The van der Waals surface area contributed by atoms with Gasteiger partial charge in [-0.1, -0.05) is 51.8 Å². The first-order valence-corrected chi connectivity index (χ1v) is 12.0. The molecular formula is C27H37NO6. The fraction of sp³-hybridized carbons (Fsp3) is 0.519. The molecule has 4 atom stereocenters. The normalized spacial score (nSPS) is 14.5. The average molecular weight is 472 g/mol. The second kappa shape index (κ2) is 13.6. The van der Waals surface area contributed by atoms with Gasteiger partial charge in [0, 0.05) is 24.6 Å². The molecule has 1 aromatic heterocycles. The van der Waals surface area contributed by atoms with Crippen molar-refractivity contribution in [1.82, 2.24) is 4.98 Å². The summed E-state index contributed by atoms with van der Waals surface area (Å²) >= 11 is 0. The summed E-state index contributed by atoms with van der Waals surface area (Å²) in [7, 11) is 1.39. The van der Waals surface area contributed by atoms with E-state index in [-0.39, 0.29) is 41.7 Å². The number of aromatic hydroxyl groups is 1. The van der Waals surface area contributed by atoms with Crippen LogP contribution in [0.15, 0.2) is 42.6 Å². The van der Waals surface area contributed by atoms with E-state index in [1.54, 1.807) is 6.92 Å². The summed E-state index contributed by atoms with van der Waals surface area (Å²) < 4.78 is 17.1. The van der Waals surface area contributed by atoms with Crippen LogP contribution in [0, 0.1) is 11.8 Å². The van der Waals surface area contributed by atoms with Gasteiger partial charge < -0.3 is 19.3 Å². The number of esters is 1. The number of pyridine rings is 1. The molecule has 0 spiro atoms. The number of nitrogens with zero attached hydrogens (tertiary/aromatic N) is 1. The lowest BCUT2D eigenvalue weighted by molar-refractivity contribution is -0.157. The molecule has 0 aliphatic heterocycles. The van der Waals surface area contributed by atoms with Crippen LogP contribution >= 0.6 is 0 Å². The van der Waals surface area contributed by atoms with Gasteiger partial charge in [-0.25, -0.2) is 4.98 Å². The van der Waals surface area contributed by atoms with Gasteiger partial charge in [-0.05, 0) is 31.9 Å². The Labute approximate surface area is 202 Å². The zero-order chi connectivity index (χ0) is 25.1. The van der Waals surface area contributed by atoms with E-state index < -0.39 is 17.7 Å². The van der Waals surface area contributed by atoms with Crippen LogP contribution in [0.1, 0.15) is 70.3 Å². The van der Waals surface area contributed by atoms with Crippen LogP contribution in [0.25, 0.3) is 0 Å². The van der Waals surface area contributed by atoms with Crippen molar-refractivity contribution in [1.29, 1.82) is 0 Å². The lowest BCUT2D eigenvalue weighted by Crippen LogP contribution is -2.37. The average Bonchev–Trinajstić information content (AvgIpc) is 2.84. The summed E-state index contributed by atoms with van der Waals surface area (Å²) in [5.41, 5.74) is -0.116. The standard InChI is InChI=1S/C27H37NO6/c1-6-8-14-21(23(7-2)34-20-12-10-9-11-13-20)19(4)33-27(31)18(3)17-22(29)25-26(30)24(32-5)15-16-28-25/h9-13,15-16,18-19,21,23,30H,6-8,14,17H2,1-5H3/t18-,19+,21+,23-/m1/s1. The van der Waals surface area contributed by atoms with E-state index in [1.165, 1.54) is 19.4 Å². The molecule has 2 rings (SSSR count). The molecule has 0 aliphatic carbocycles. The van der Waals surface area contributed by atoms with Crippen molar-refractivity contribution >= 4 is 11.8 Å². The number of methoxy groups -OCH3 is 1. The SMILES string of the molecule is CCCC[C@@H]([C@H](C)OC(=O)[C@H](C)CC(=O)c1nccc(OC)c1O)[C@@H](CC)Oc1ccccc1. The van der Waals surface area contributed by atoms with Gasteiger partial charge in [0.15, 0.2) is 23.0 Å². The summed E-state index contributed by atoms with van der Waals surface area (Å²) in [5, 5.41) is 10.2. The molecule has 0 saturated carbocycles. The highest BCUT2D eigenvalue weighted by Crippen LogP contribution is 2.30. The largest absolute Gasteiger partial charge is 0.503 e. The zero-order valence-electron chi connectivity index (χ0n) is 20.8. The van der Waals surface area contributed by atoms with Gasteiger partial charge in [0.05, 0.1) is 13.0 Å². The predicted octanol–water partition coefficient (Wildman–Crippen LogP) is 5.60. The minimum Gasteiger partial charge on any atom is -0.503 e. The van der Waals surface area contributed by atoms with Gasteiger partial charge in [-0.15, -0.1) is 0 Å². The van der Waals surface area contributed by atoms with Crippen LogP contribution in [0.3, 0.4) is 0 Å². The summed E-state index contributed by atoms with van der Waals surface area (Å²) in [6, 6.07) is 11.1. The van der Waals surface area contributed by atoms with E-state index in [2.05, 4.69) is 18.8 Å². The van der Waals surface area contributed by atoms with Crippen molar-refractivity contribution in [3.05, 3.63) is 48.3 Å². The molecule has 186 valence electrons. The van der Waals surface area contributed by atoms with Gasteiger partial charge in [-0.3, -0.25) is 9.59 Å². The summed E-state index contributed by atoms with van der Waals surface area (Å²) in [5.74, 6) is -0.962. The summed E-state index contributed by atoms with van der Waals surface area (Å²) in [4.78, 5) is 29.5. The molecular weight excluding hydrogens is 434 g/mol. The van der Waals surface area contributed by atoms with Gasteiger partial charge in [0.2, 0.25) is 0 Å². The van der Waals surface area contributed by atoms with E-state index in [0.29, 0.717) is 0 Å². The van der Waals surface area contributed by atoms with Crippen molar-refractivity contribution in [3.8, 4) is 17.2 Å². The second-order valence-corrected chi connectivity index (χ2v) is 8.56. The highest BCUT2D eigenvalue weighted by molar-refractivity contribution is 5.99. The first-order chi connectivity index (χ1) is 16.3. The van der Waals surface area contributed by atoms with Gasteiger partial charge in [-0.2, -0.15) is 0 Å². The van der Waals surface area contributed by atoms with Crippen molar-refractivity contribution in [3.63, 3.8) is 0 Å². The van der Waals surface area contributed by atoms with Crippen LogP contribution in [0.5, 0.6) is 17.2 Å². The van der Waals surface area contributed by atoms with Crippen LogP contribution in [-0.2, 0) is 9.53 Å². The van der Waals surface area contributed by atoms with Gasteiger partial charge >= 0.3 is 5.97 Å². The highest BCUT2D eigenvalue weighted by atomic mass is 16.5. The van der Waals surface area contributed by atoms with Crippen LogP contribution in [-0.4, -0.2) is 41.2 Å². The van der Waals surface area contributed by atoms with Crippen molar-refractivity contribution in [2.75, 3.05) is 7.11 Å². The fourth-order valence-corrected chi connectivity index (χ4v) is 3.96. The third-order valence-electron chi connectivity index (χ3n) is 5.97. The Morgan fingerprint density at radius 2 is 1.79 bits per heavy atom. The Morgan fingerprint density at radius 3 is 2.41 bits per heavy atom. The topological polar surface area (TPSA) is 95.0 Å². The molecule has 0 bridgehead atoms. The van der Waals surface area contributed by atoms with Crippen LogP contribution in [0.2, 0.25) is 0 Å². The molecule has 1 heterocycles. The van der Waals surface area contributed by atoms with E-state index in [0.717, 1.165) is 31.4 Å². The predicted molar refractivity (Wildman–Crippen MR) is 130 cm³/mol. The molecule has 2 aromatic rings. The van der Waals surface area contributed by atoms with Crippen LogP contribution < -0.4 is 9.47 Å². The van der Waals surface area contributed by atoms with E-state index >= 15 is 0 Å². The molecule has 7 nitrogen and oxygen atoms in total. The summed E-state index contributed by atoms with van der Waals surface area (Å²) in [6.45, 7) is 7.72. The number of carbonyl (C=O) groups is 2. The molecule has 0 radical (unpaired) electrons. The molecule has 0 fully saturated rings. The minimum absolute atomic E-state index is 0.0149. The maximum Gasteiger partial charge on any atom is 0.309 e. The first kappa shape index (κ1) is 27.2. The zero-order valence-corrected chi connectivity index (χ0v) is 20.8. The van der Waals surface area contributed by atoms with Crippen LogP contribution in [0.4, 0.5) is 0 Å². The monoisotopic (exact) mass is 471 g/mol. The highest BCUT2D eigenvalue weighted by Gasteiger charge is 2.31. The molecule has 0 saturated heterocycles. The second-order valence-electron chi connectivity index (χ2n) is 8.56. The van der Waals surface area contributed by atoms with Gasteiger partial charge in [0.1, 0.15) is 18.0 Å². The third kappa shape index (κ3) is 7.47. The third-order valence-corrected chi connectivity index (χ3v) is 5.97. The molecule has 0 unspecified atom stereocenters. The number of rotatable bonds is 14. The number of para-hydroxylation sites is 1. The minimum atomic E-state index is -0.690. The number of ketones is 1. The van der Waals surface area contributed by atoms with E-state index in [1.807, 2.05) is 37.3 Å². The quantitative estimate of drug-likeness (QED) is 0.283. The smallest absolute Gasteiger partial charge is 0.309 e. The number of Topliss-reactive ketones (excluding diaryl/α,β-unsaturated/α-hetero) is 1. The number of hydrogen-bond donors (Lipinski definition) is 1. The number of carbonyl (C=O) groups excluding carboxylic acids is 2. The number of unbranched alkanes of at least 4 members (excludes halogenated alkanes) is 1. The Bertz CT molecular complexity index is 917. The molecule has 34 heavy (non-hydrogen) atoms. The summed E-state index contributed by atoms with van der Waals surface area (Å²) in [6.07, 6.45) is 4.44. The van der Waals surface area contributed by atoms with Crippen molar-refractivity contribution < 1.29 is 28.9 Å². The first-order valence-electron chi connectivity index (χ1n) is 12.0. The van der Waals surface area contributed by atoms with Crippen molar-refractivity contribution in [2.24, 2.45) is 11.8 Å². The molecule has 0 aliphatic rings. The maximum atomic E-state index is 12.9. The molecule has 1 aromatic carbocycles. The van der Waals surface area contributed by atoms with E-state index in [9.17, 15) is 14.7 Å². The fourth-order valence-electron chi connectivity index (χ4n) is 3.96. The Morgan fingerprint density at radius 1 is 1.09 bits per heavy atom. The molecule has 1 N–H and O–H groups in total. The lowest BCUT2D eigenvalue weighted by Gasteiger charge is -2.32. The number of hydrogen-bond acceptors (Lipinski definition) is 7. The van der Waals surface area contributed by atoms with Crippen molar-refractivity contribution in [2.45, 2.75) is 72.0 Å². The van der Waals surface area contributed by atoms with E-state index in [4.69, 9.17) is 14.2 Å². The maximum absolute atomic E-state index is 12.9. The molecule has 7 heteroatoms. The molecule has 0 amide bonds. The Kier molecular flexibility index (Phi) is 10.8. The Hall–Kier alpha value is -3.09. The number of benzene rings is 1. The number of aromatic nitrogens is 1. The lowest BCUT2D eigenvalue weighted by atomic mass is 9.89. The number of ether oxygens (including phenoxy) is 3. The van der Waals surface area contributed by atoms with Gasteiger partial charge in [0.25, 0.3) is 0 Å².